The average Bonchev–Trinajstić information content (AvgIpc) is 3.34. The lowest BCUT2D eigenvalue weighted by atomic mass is 10.1. The molecule has 0 bridgehead atoms. The molecule has 1 saturated heterocycles. The number of rotatable bonds is 8. The van der Waals surface area contributed by atoms with Crippen LogP contribution < -0.4 is 9.64 Å². The Morgan fingerprint density at radius 3 is 2.62 bits per heavy atom. The number of aromatic amines is 1. The molecule has 202 valence electrons. The van der Waals surface area contributed by atoms with Crippen molar-refractivity contribution in [3.63, 3.8) is 0 Å². The zero-order valence-corrected chi connectivity index (χ0v) is 21.6. The van der Waals surface area contributed by atoms with Gasteiger partial charge in [-0.1, -0.05) is 0 Å². The highest BCUT2D eigenvalue weighted by Gasteiger charge is 2.33. The summed E-state index contributed by atoms with van der Waals surface area (Å²) in [6, 6.07) is 14.1. The van der Waals surface area contributed by atoms with E-state index in [1.165, 1.54) is 5.56 Å². The number of alkyl halides is 3. The van der Waals surface area contributed by atoms with Crippen LogP contribution in [-0.2, 0) is 12.6 Å². The highest BCUT2D eigenvalue weighted by molar-refractivity contribution is 5.84. The first-order chi connectivity index (χ1) is 18.8. The van der Waals surface area contributed by atoms with E-state index in [1.807, 2.05) is 37.3 Å². The molecule has 3 heterocycles. The number of piperazine rings is 1. The number of halogens is 3. The van der Waals surface area contributed by atoms with Crippen molar-refractivity contribution < 1.29 is 17.9 Å². The first-order valence-electron chi connectivity index (χ1n) is 13.0. The molecule has 39 heavy (non-hydrogen) atoms. The monoisotopic (exact) mass is 534 g/mol. The Morgan fingerprint density at radius 1 is 1.05 bits per heavy atom. The largest absolute Gasteiger partial charge is 0.433 e. The van der Waals surface area contributed by atoms with E-state index in [0.717, 1.165) is 86.4 Å². The molecule has 4 aromatic rings. The second-order valence-corrected chi connectivity index (χ2v) is 9.75. The van der Waals surface area contributed by atoms with Gasteiger partial charge >= 0.3 is 12.2 Å². The lowest BCUT2D eigenvalue weighted by Gasteiger charge is -2.36. The van der Waals surface area contributed by atoms with Gasteiger partial charge in [0.1, 0.15) is 5.75 Å². The minimum absolute atomic E-state index is 0.328. The zero-order chi connectivity index (χ0) is 27.4. The number of aromatic nitrogens is 3. The third-order valence-electron chi connectivity index (χ3n) is 7.09. The fraction of sp³-hybridized carbons (Fsp3) is 0.345. The Morgan fingerprint density at radius 2 is 1.87 bits per heavy atom. The number of nitrogens with zero attached hydrogens (tertiary/aromatic N) is 5. The van der Waals surface area contributed by atoms with Crippen LogP contribution in [0.3, 0.4) is 0 Å². The van der Waals surface area contributed by atoms with Crippen LogP contribution in [0.4, 0.5) is 18.9 Å². The van der Waals surface area contributed by atoms with Crippen molar-refractivity contribution in [3.05, 3.63) is 77.2 Å². The van der Waals surface area contributed by atoms with Crippen molar-refractivity contribution in [2.24, 2.45) is 0 Å². The molecule has 1 fully saturated rings. The molecule has 0 atom stereocenters. The minimum Gasteiger partial charge on any atom is -0.424 e. The molecule has 0 aliphatic carbocycles. The summed E-state index contributed by atoms with van der Waals surface area (Å²) in [5.74, 6) is 0.427. The summed E-state index contributed by atoms with van der Waals surface area (Å²) >= 11 is 0. The fourth-order valence-electron chi connectivity index (χ4n) is 4.93. The third kappa shape index (κ3) is 6.32. The molecule has 2 aromatic heterocycles. The number of aryl methyl sites for hydroxylation is 2. The summed E-state index contributed by atoms with van der Waals surface area (Å²) in [4.78, 5) is 15.4. The van der Waals surface area contributed by atoms with E-state index in [4.69, 9.17) is 4.74 Å². The zero-order valence-electron chi connectivity index (χ0n) is 21.6. The third-order valence-corrected chi connectivity index (χ3v) is 7.09. The van der Waals surface area contributed by atoms with E-state index in [1.54, 1.807) is 6.07 Å². The second kappa shape index (κ2) is 11.3. The molecular formula is C29H29F3N6O. The topological polar surface area (TPSA) is 81.1 Å². The molecule has 0 saturated carbocycles. The SMILES string of the molecule is Cc1cc(N2CCN(CCCCc3c[nH]c4ccc(C#N)cc34)CC2)ccc1Oc1nccc(C(F)(F)F)n1. The molecule has 0 amide bonds. The van der Waals surface area contributed by atoms with E-state index in [0.29, 0.717) is 11.3 Å². The minimum atomic E-state index is -4.55. The maximum absolute atomic E-state index is 12.9. The van der Waals surface area contributed by atoms with Gasteiger partial charge in [0.05, 0.1) is 11.6 Å². The van der Waals surface area contributed by atoms with E-state index in [2.05, 4.69) is 37.0 Å². The number of hydrogen-bond donors (Lipinski definition) is 1. The number of benzene rings is 2. The molecule has 0 radical (unpaired) electrons. The summed E-state index contributed by atoms with van der Waals surface area (Å²) in [7, 11) is 0. The summed E-state index contributed by atoms with van der Waals surface area (Å²) in [5.41, 5.74) is 3.83. The highest BCUT2D eigenvalue weighted by atomic mass is 19.4. The van der Waals surface area contributed by atoms with Crippen molar-refractivity contribution in [1.29, 1.82) is 5.26 Å². The maximum Gasteiger partial charge on any atom is 0.433 e. The summed E-state index contributed by atoms with van der Waals surface area (Å²) in [5, 5.41) is 10.3. The van der Waals surface area contributed by atoms with Crippen LogP contribution in [0.1, 0.15) is 35.2 Å². The molecule has 0 spiro atoms. The number of ether oxygens (including phenoxy) is 1. The second-order valence-electron chi connectivity index (χ2n) is 9.75. The van der Waals surface area contributed by atoms with Gasteiger partial charge < -0.3 is 14.6 Å². The van der Waals surface area contributed by atoms with Gasteiger partial charge in [-0.2, -0.15) is 23.4 Å². The quantitative estimate of drug-likeness (QED) is 0.276. The van der Waals surface area contributed by atoms with Crippen LogP contribution in [0, 0.1) is 18.3 Å². The first-order valence-corrected chi connectivity index (χ1v) is 13.0. The Kier molecular flexibility index (Phi) is 7.70. The van der Waals surface area contributed by atoms with Gasteiger partial charge in [-0.05, 0) is 86.3 Å². The Labute approximate surface area is 224 Å². The van der Waals surface area contributed by atoms with Crippen LogP contribution in [-0.4, -0.2) is 52.6 Å². The fourth-order valence-corrected chi connectivity index (χ4v) is 4.93. The molecular weight excluding hydrogens is 505 g/mol. The molecule has 1 N–H and O–H groups in total. The van der Waals surface area contributed by atoms with E-state index in [9.17, 15) is 18.4 Å². The van der Waals surface area contributed by atoms with Crippen LogP contribution in [0.15, 0.2) is 54.9 Å². The number of hydrogen-bond acceptors (Lipinski definition) is 6. The Hall–Kier alpha value is -4.10. The number of anilines is 1. The lowest BCUT2D eigenvalue weighted by Crippen LogP contribution is -2.46. The van der Waals surface area contributed by atoms with Gasteiger partial charge in [-0.3, -0.25) is 4.90 Å². The predicted molar refractivity (Wildman–Crippen MR) is 143 cm³/mol. The molecule has 1 aliphatic heterocycles. The van der Waals surface area contributed by atoms with Gasteiger partial charge in [-0.15, -0.1) is 0 Å². The molecule has 10 heteroatoms. The molecule has 1 aliphatic rings. The molecule has 7 nitrogen and oxygen atoms in total. The number of fused-ring (bicyclic) bond motifs is 1. The highest BCUT2D eigenvalue weighted by Crippen LogP contribution is 2.31. The summed E-state index contributed by atoms with van der Waals surface area (Å²) < 4.78 is 44.3. The van der Waals surface area contributed by atoms with Gasteiger partial charge in [0, 0.05) is 55.2 Å². The average molecular weight is 535 g/mol. The number of unbranched alkanes of at least 4 members (excludes halogenated alkanes) is 1. The van der Waals surface area contributed by atoms with Gasteiger partial charge in [0.25, 0.3) is 0 Å². The van der Waals surface area contributed by atoms with Crippen LogP contribution >= 0.6 is 0 Å². The molecule has 0 unspecified atom stereocenters. The number of nitrogens with one attached hydrogen (secondary N) is 1. The Bertz CT molecular complexity index is 1480. The summed E-state index contributed by atoms with van der Waals surface area (Å²) in [6.45, 7) is 6.63. The number of nitriles is 1. The molecule has 2 aromatic carbocycles. The maximum atomic E-state index is 12.9. The Balaban J connectivity index is 1.09. The standard InChI is InChI=1S/C29H29F3N6O/c1-20-16-23(6-8-26(20)39-28-34-10-9-27(36-28)29(30,31)32)38-14-12-37(13-15-38)11-3-2-4-22-19-35-25-7-5-21(18-33)17-24(22)25/h5-10,16-17,19,35H,2-4,11-15H2,1H3. The predicted octanol–water partition coefficient (Wildman–Crippen LogP) is 6.09. The van der Waals surface area contributed by atoms with Gasteiger partial charge in [-0.25, -0.2) is 4.98 Å². The lowest BCUT2D eigenvalue weighted by molar-refractivity contribution is -0.141. The van der Waals surface area contributed by atoms with Crippen LogP contribution in [0.2, 0.25) is 0 Å². The molecule has 5 rings (SSSR count). The van der Waals surface area contributed by atoms with Crippen molar-refractivity contribution in [2.75, 3.05) is 37.6 Å². The van der Waals surface area contributed by atoms with E-state index < -0.39 is 11.9 Å². The van der Waals surface area contributed by atoms with Crippen LogP contribution in [0.25, 0.3) is 10.9 Å². The summed E-state index contributed by atoms with van der Waals surface area (Å²) in [6.07, 6.45) is 1.71. The first kappa shape index (κ1) is 26.5. The van der Waals surface area contributed by atoms with Gasteiger partial charge in [0.15, 0.2) is 5.69 Å². The van der Waals surface area contributed by atoms with Crippen molar-refractivity contribution in [2.45, 2.75) is 32.4 Å². The smallest absolute Gasteiger partial charge is 0.424 e. The van der Waals surface area contributed by atoms with Crippen molar-refractivity contribution in [1.82, 2.24) is 19.9 Å². The van der Waals surface area contributed by atoms with E-state index in [-0.39, 0.29) is 6.01 Å². The van der Waals surface area contributed by atoms with Crippen LogP contribution in [0.5, 0.6) is 11.8 Å². The van der Waals surface area contributed by atoms with Crippen molar-refractivity contribution in [3.8, 4) is 17.8 Å². The van der Waals surface area contributed by atoms with E-state index >= 15 is 0 Å². The number of H-pyrrole nitrogens is 1. The van der Waals surface area contributed by atoms with Crippen molar-refractivity contribution >= 4 is 16.6 Å². The normalized spacial score (nSPS) is 14.5. The van der Waals surface area contributed by atoms with Gasteiger partial charge in [0.2, 0.25) is 0 Å².